The van der Waals surface area contributed by atoms with Gasteiger partial charge < -0.3 is 46.7 Å². The van der Waals surface area contributed by atoms with Gasteiger partial charge in [-0.1, -0.05) is 0 Å². The summed E-state index contributed by atoms with van der Waals surface area (Å²) in [6.45, 7) is 0. The topological polar surface area (TPSA) is 252 Å². The summed E-state index contributed by atoms with van der Waals surface area (Å²) in [4.78, 5) is 0. The minimum Gasteiger partial charge on any atom is -1.00 e. The van der Waals surface area contributed by atoms with Gasteiger partial charge in [-0.25, -0.2) is 0 Å². The maximum absolute atomic E-state index is 0. The molecule has 0 aliphatic rings. The molecule has 0 radical (unpaired) electrons. The Balaban J connectivity index is 0. The van der Waals surface area contributed by atoms with Crippen LogP contribution in [0.2, 0.25) is 0 Å². The van der Waals surface area contributed by atoms with E-state index < -0.39 is 0 Å². The predicted octanol–water partition coefficient (Wildman–Crippen LogP) is -6.75. The van der Waals surface area contributed by atoms with Crippen LogP contribution in [0.15, 0.2) is 0 Å². The molecule has 0 saturated heterocycles. The molecule has 0 aromatic rings. The summed E-state index contributed by atoms with van der Waals surface area (Å²) in [7, 11) is 0. The average molecular weight is 234 g/mol. The van der Waals surface area contributed by atoms with Crippen LogP contribution >= 0.6 is 0 Å². The summed E-state index contributed by atoms with van der Waals surface area (Å²) >= 11 is 0. The van der Waals surface area contributed by atoms with Crippen molar-refractivity contribution in [1.82, 2.24) is 0 Å². The third-order valence-electron chi connectivity index (χ3n) is 0. The summed E-state index contributed by atoms with van der Waals surface area (Å²) in [6.07, 6.45) is 0. The zero-order valence-corrected chi connectivity index (χ0v) is 8.18. The van der Waals surface area contributed by atoms with Crippen LogP contribution in [-0.4, -0.2) is 89.3 Å². The molecule has 0 aliphatic carbocycles. The smallest absolute Gasteiger partial charge is 1.00 e. The Morgan fingerprint density at radius 1 is 0.333 bits per heavy atom. The van der Waals surface area contributed by atoms with Crippen molar-refractivity contribution in [2.75, 3.05) is 0 Å². The maximum Gasteiger partial charge on any atom is 2.00 e. The van der Waals surface area contributed by atoms with Gasteiger partial charge in [0.2, 0.25) is 0 Å². The van der Waals surface area contributed by atoms with Gasteiger partial charge in [0, 0.05) is 0 Å². The zero-order chi connectivity index (χ0) is 0. The Morgan fingerprint density at radius 3 is 0.333 bits per heavy atom. The Bertz CT molecular complexity index is 12.1. The molecule has 0 aromatic heterocycles. The Hall–Kier alpha value is 1.16. The van der Waals surface area contributed by atoms with E-state index in [1.165, 1.54) is 0 Å². The Morgan fingerprint density at radius 2 is 0.333 bits per heavy atom. The van der Waals surface area contributed by atoms with E-state index in [9.17, 15) is 0 Å². The second-order valence-electron chi connectivity index (χ2n) is 0. The van der Waals surface area contributed by atoms with Gasteiger partial charge in [-0.2, -0.15) is 0 Å². The van der Waals surface area contributed by atoms with Gasteiger partial charge in [-0.15, -0.1) is 0 Å². The van der Waals surface area contributed by atoms with Crippen molar-refractivity contribution in [3.05, 3.63) is 0 Å². The normalized spacial score (nSPS) is 0. The molecule has 0 unspecified atom stereocenters. The average Bonchev–Trinajstić information content (AvgIpc) is 0. The van der Waals surface area contributed by atoms with E-state index in [4.69, 9.17) is 0 Å². The monoisotopic (exact) mass is 234 g/mol. The largest absolute Gasteiger partial charge is 2.00 e. The first-order valence-corrected chi connectivity index (χ1v) is 0. The molecule has 9 heteroatoms. The van der Waals surface area contributed by atoms with Gasteiger partial charge in [-0.3, -0.25) is 0 Å². The van der Waals surface area contributed by atoms with Crippen LogP contribution < -0.4 is 0 Å². The van der Waals surface area contributed by atoms with Crippen molar-refractivity contribution in [2.24, 2.45) is 0 Å². The SMILES string of the molecule is O.O.O.O.O.O.O.O.[H-].[H-].[Sr+2]. The van der Waals surface area contributed by atoms with E-state index in [0.717, 1.165) is 0 Å². The molecule has 0 aromatic carbocycles. The fourth-order valence-electron chi connectivity index (χ4n) is 0. The van der Waals surface area contributed by atoms with Crippen LogP contribution in [0.5, 0.6) is 0 Å². The maximum atomic E-state index is 0. The molecule has 0 rings (SSSR count). The van der Waals surface area contributed by atoms with Crippen LogP contribution in [-0.2, 0) is 0 Å². The van der Waals surface area contributed by atoms with E-state index in [-0.39, 0.29) is 92.1 Å². The zero-order valence-electron chi connectivity index (χ0n) is 6.71. The quantitative estimate of drug-likeness (QED) is 0.353. The first kappa shape index (κ1) is 633. The second-order valence-corrected chi connectivity index (χ2v) is 0. The van der Waals surface area contributed by atoms with Crippen molar-refractivity contribution in [3.8, 4) is 0 Å². The molecule has 9 heavy (non-hydrogen) atoms. The summed E-state index contributed by atoms with van der Waals surface area (Å²) in [5.74, 6) is 0. The predicted molar refractivity (Wildman–Crippen MR) is 36.9 cm³/mol. The van der Waals surface area contributed by atoms with Crippen molar-refractivity contribution in [2.45, 2.75) is 0 Å². The van der Waals surface area contributed by atoms with Crippen LogP contribution in [0.3, 0.4) is 0 Å². The van der Waals surface area contributed by atoms with E-state index >= 15 is 0 Å². The number of hydrogen-bond acceptors (Lipinski definition) is 0. The van der Waals surface area contributed by atoms with Crippen molar-refractivity contribution in [3.63, 3.8) is 0 Å². The fourth-order valence-corrected chi connectivity index (χ4v) is 0. The van der Waals surface area contributed by atoms with Crippen molar-refractivity contribution >= 4 is 45.5 Å². The van der Waals surface area contributed by atoms with Crippen molar-refractivity contribution in [1.29, 1.82) is 0 Å². The third kappa shape index (κ3) is 349. The van der Waals surface area contributed by atoms with Crippen molar-refractivity contribution < 1.29 is 46.7 Å². The molecule has 0 heterocycles. The molecule has 0 amide bonds. The molecule has 68 valence electrons. The van der Waals surface area contributed by atoms with E-state index in [0.29, 0.717) is 0 Å². The molecule has 16 N–H and O–H groups in total. The van der Waals surface area contributed by atoms with Crippen LogP contribution in [0.4, 0.5) is 0 Å². The molecular formula is H18O8Sr. The summed E-state index contributed by atoms with van der Waals surface area (Å²) < 4.78 is 0. The molecule has 0 aliphatic heterocycles. The molecule has 0 saturated carbocycles. The van der Waals surface area contributed by atoms with Gasteiger partial charge >= 0.3 is 45.5 Å². The first-order chi connectivity index (χ1) is 0. The molecular weight excluding hydrogens is 216 g/mol. The first-order valence-electron chi connectivity index (χ1n) is 0. The summed E-state index contributed by atoms with van der Waals surface area (Å²) in [5.41, 5.74) is 0. The summed E-state index contributed by atoms with van der Waals surface area (Å²) in [6, 6.07) is 0. The number of rotatable bonds is 0. The molecule has 0 spiro atoms. The molecule has 8 nitrogen and oxygen atoms in total. The van der Waals surface area contributed by atoms with Gasteiger partial charge in [0.05, 0.1) is 0 Å². The third-order valence-corrected chi connectivity index (χ3v) is 0. The van der Waals surface area contributed by atoms with E-state index in [1.54, 1.807) is 0 Å². The van der Waals surface area contributed by atoms with E-state index in [1.807, 2.05) is 0 Å². The molecule has 0 fully saturated rings. The van der Waals surface area contributed by atoms with Crippen LogP contribution in [0.1, 0.15) is 2.85 Å². The van der Waals surface area contributed by atoms with Crippen LogP contribution in [0.25, 0.3) is 0 Å². The van der Waals surface area contributed by atoms with Crippen LogP contribution in [0, 0.1) is 0 Å². The minimum absolute atomic E-state index is 0. The number of hydrogen-bond donors (Lipinski definition) is 0. The minimum atomic E-state index is 0. The van der Waals surface area contributed by atoms with Gasteiger partial charge in [-0.05, 0) is 0 Å². The summed E-state index contributed by atoms with van der Waals surface area (Å²) in [5, 5.41) is 0. The molecule has 0 bridgehead atoms. The van der Waals surface area contributed by atoms with Gasteiger partial charge in [0.15, 0.2) is 0 Å². The van der Waals surface area contributed by atoms with Gasteiger partial charge in [0.25, 0.3) is 0 Å². The van der Waals surface area contributed by atoms with Gasteiger partial charge in [0.1, 0.15) is 0 Å². The Labute approximate surface area is 91.6 Å². The standard InChI is InChI=1S/8H2O.Sr.2H/h8*1H2;;;/q;;;;;;;;+2;2*-1. The molecule has 0 atom stereocenters. The second kappa shape index (κ2) is 453. The fraction of sp³-hybridized carbons (Fsp3) is 0. The van der Waals surface area contributed by atoms with E-state index in [2.05, 4.69) is 0 Å². The Kier molecular flexibility index (Phi) is 31900.